The summed E-state index contributed by atoms with van der Waals surface area (Å²) in [6, 6.07) is 11.1. The number of anilines is 1. The Kier molecular flexibility index (Phi) is 7.06. The fourth-order valence-electron chi connectivity index (χ4n) is 3.44. The monoisotopic (exact) mass is 488 g/mol. The first-order valence-electron chi connectivity index (χ1n) is 10.8. The number of unbranched alkanes of at least 4 members (excludes halogenated alkanes) is 1. The van der Waals surface area contributed by atoms with Crippen molar-refractivity contribution in [3.05, 3.63) is 47.5 Å². The molecule has 0 fully saturated rings. The van der Waals surface area contributed by atoms with Crippen molar-refractivity contribution in [2.45, 2.75) is 39.3 Å². The molecule has 0 saturated carbocycles. The highest BCUT2D eigenvalue weighted by molar-refractivity contribution is 6.30. The number of benzene rings is 2. The molecule has 178 valence electrons. The Bertz CT molecular complexity index is 1330. The molecule has 2 aromatic heterocycles. The number of nitrogens with zero attached hydrogens (tertiary/aromatic N) is 4. The third-order valence-electron chi connectivity index (χ3n) is 5.15. The molecule has 0 saturated heterocycles. The molecule has 0 aliphatic carbocycles. The highest BCUT2D eigenvalue weighted by atomic mass is 35.5. The zero-order valence-electron chi connectivity index (χ0n) is 18.6. The van der Waals surface area contributed by atoms with Crippen LogP contribution in [0, 0.1) is 0 Å². The van der Waals surface area contributed by atoms with Gasteiger partial charge in [0.15, 0.2) is 11.5 Å². The van der Waals surface area contributed by atoms with Gasteiger partial charge in [-0.05, 0) is 43.7 Å². The number of nitrogens with one attached hydrogen (secondary N) is 2. The maximum atomic E-state index is 13.0. The Morgan fingerprint density at radius 2 is 2.00 bits per heavy atom. The van der Waals surface area contributed by atoms with Gasteiger partial charge in [0.2, 0.25) is 11.9 Å². The zero-order valence-corrected chi connectivity index (χ0v) is 19.3. The molecule has 4 rings (SSSR count). The van der Waals surface area contributed by atoms with E-state index in [-0.39, 0.29) is 34.0 Å². The van der Waals surface area contributed by atoms with E-state index in [0.29, 0.717) is 23.1 Å². The number of aromatic nitrogens is 4. The van der Waals surface area contributed by atoms with E-state index in [4.69, 9.17) is 11.6 Å². The van der Waals surface area contributed by atoms with Crippen LogP contribution in [-0.2, 0) is 4.79 Å². The first-order chi connectivity index (χ1) is 16.4. The van der Waals surface area contributed by atoms with Crippen molar-refractivity contribution in [1.29, 1.82) is 0 Å². The average Bonchev–Trinajstić information content (AvgIpc) is 3.24. The van der Waals surface area contributed by atoms with E-state index in [2.05, 4.69) is 30.4 Å². The number of carbonyl (C=O) groups excluding carboxylic acids is 1. The molecule has 8 nitrogen and oxygen atoms in total. The summed E-state index contributed by atoms with van der Waals surface area (Å²) in [5, 5.41) is 11.4. The van der Waals surface area contributed by atoms with Crippen molar-refractivity contribution in [1.82, 2.24) is 24.9 Å². The molecule has 0 aliphatic heterocycles. The summed E-state index contributed by atoms with van der Waals surface area (Å²) in [4.78, 5) is 21.7. The van der Waals surface area contributed by atoms with Crippen LogP contribution in [-0.4, -0.2) is 44.7 Å². The topological polar surface area (TPSA) is 93.4 Å². The van der Waals surface area contributed by atoms with Crippen LogP contribution in [0.2, 0.25) is 5.02 Å². The normalized spacial score (nSPS) is 12.3. The highest BCUT2D eigenvalue weighted by Gasteiger charge is 2.21. The number of alkyl halides is 2. The first-order valence-corrected chi connectivity index (χ1v) is 11.2. The molecule has 2 N–H and O–H groups in total. The summed E-state index contributed by atoms with van der Waals surface area (Å²) in [5.41, 5.74) is 1.32. The molecule has 0 spiro atoms. The van der Waals surface area contributed by atoms with Crippen molar-refractivity contribution >= 4 is 40.0 Å². The number of para-hydroxylation sites is 1. The fraction of sp³-hybridized carbons (Fsp3) is 0.304. The van der Waals surface area contributed by atoms with E-state index in [1.807, 2.05) is 31.2 Å². The number of fused-ring (bicyclic) bond motifs is 3. The van der Waals surface area contributed by atoms with E-state index >= 15 is 0 Å². The van der Waals surface area contributed by atoms with E-state index in [0.717, 1.165) is 12.8 Å². The van der Waals surface area contributed by atoms with E-state index < -0.39 is 12.7 Å². The lowest BCUT2D eigenvalue weighted by atomic mass is 10.2. The van der Waals surface area contributed by atoms with Gasteiger partial charge in [0.05, 0.1) is 11.1 Å². The number of hydrogen-bond acceptors (Lipinski definition) is 6. The molecule has 34 heavy (non-hydrogen) atoms. The third kappa shape index (κ3) is 5.01. The second-order valence-electron chi connectivity index (χ2n) is 7.65. The van der Waals surface area contributed by atoms with Crippen LogP contribution in [0.3, 0.4) is 0 Å². The SMILES string of the molecule is CCCCNC(=O)[C@H](C)Nc1nc2ccccc2c2nc(-c3ccc(Cl)cc3OC(F)F)nn12. The van der Waals surface area contributed by atoms with Crippen molar-refractivity contribution < 1.29 is 18.3 Å². The van der Waals surface area contributed by atoms with Crippen LogP contribution in [0.4, 0.5) is 14.7 Å². The molecule has 4 aromatic rings. The van der Waals surface area contributed by atoms with Crippen LogP contribution in [0.15, 0.2) is 42.5 Å². The van der Waals surface area contributed by atoms with Gasteiger partial charge in [-0.1, -0.05) is 37.1 Å². The largest absolute Gasteiger partial charge is 0.434 e. The van der Waals surface area contributed by atoms with Crippen LogP contribution in [0.1, 0.15) is 26.7 Å². The lowest BCUT2D eigenvalue weighted by Crippen LogP contribution is -2.38. The highest BCUT2D eigenvalue weighted by Crippen LogP contribution is 2.33. The Labute approximate surface area is 199 Å². The van der Waals surface area contributed by atoms with Crippen LogP contribution in [0.5, 0.6) is 5.75 Å². The van der Waals surface area contributed by atoms with E-state index in [9.17, 15) is 13.6 Å². The zero-order chi connectivity index (χ0) is 24.2. The number of rotatable bonds is 9. The summed E-state index contributed by atoms with van der Waals surface area (Å²) in [7, 11) is 0. The molecule has 11 heteroatoms. The Morgan fingerprint density at radius 3 is 2.76 bits per heavy atom. The number of ether oxygens (including phenoxy) is 1. The number of hydrogen-bond donors (Lipinski definition) is 2. The van der Waals surface area contributed by atoms with E-state index in [1.165, 1.54) is 16.6 Å². The van der Waals surface area contributed by atoms with Gasteiger partial charge in [-0.3, -0.25) is 4.79 Å². The smallest absolute Gasteiger partial charge is 0.387 e. The molecular weight excluding hydrogens is 466 g/mol. The number of amides is 1. The first kappa shape index (κ1) is 23.6. The molecule has 1 amide bonds. The van der Waals surface area contributed by atoms with Crippen LogP contribution < -0.4 is 15.4 Å². The summed E-state index contributed by atoms with van der Waals surface area (Å²) in [6.07, 6.45) is 1.85. The minimum Gasteiger partial charge on any atom is -0.434 e. The minimum atomic E-state index is -3.04. The quantitative estimate of drug-likeness (QED) is 0.325. The standard InChI is InChI=1S/C23H23ClF2N6O2/c1-3-4-11-27-21(33)13(2)28-23-29-17-8-6-5-7-15(17)20-30-19(31-32(20)23)16-10-9-14(24)12-18(16)34-22(25)26/h5-10,12-13,22H,3-4,11H2,1-2H3,(H,27,33)(H,28,29)/t13-/m0/s1. The molecule has 0 radical (unpaired) electrons. The predicted molar refractivity (Wildman–Crippen MR) is 126 cm³/mol. The van der Waals surface area contributed by atoms with Gasteiger partial charge in [-0.25, -0.2) is 9.97 Å². The van der Waals surface area contributed by atoms with Gasteiger partial charge in [0.1, 0.15) is 11.8 Å². The molecule has 2 heterocycles. The lowest BCUT2D eigenvalue weighted by Gasteiger charge is -2.15. The molecule has 0 unspecified atom stereocenters. The fourth-order valence-corrected chi connectivity index (χ4v) is 3.60. The van der Waals surface area contributed by atoms with Crippen molar-refractivity contribution in [2.24, 2.45) is 0 Å². The van der Waals surface area contributed by atoms with Crippen molar-refractivity contribution in [3.63, 3.8) is 0 Å². The summed E-state index contributed by atoms with van der Waals surface area (Å²) in [5.74, 6) is 0.112. The maximum absolute atomic E-state index is 13.0. The van der Waals surface area contributed by atoms with Crippen LogP contribution in [0.25, 0.3) is 27.9 Å². The van der Waals surface area contributed by atoms with Gasteiger partial charge in [0, 0.05) is 17.0 Å². The summed E-state index contributed by atoms with van der Waals surface area (Å²) < 4.78 is 32.1. The minimum absolute atomic E-state index is 0.145. The lowest BCUT2D eigenvalue weighted by molar-refractivity contribution is -0.121. The Hall–Kier alpha value is -3.53. The molecule has 0 bridgehead atoms. The summed E-state index contributed by atoms with van der Waals surface area (Å²) in [6.45, 7) is 1.31. The second kappa shape index (κ2) is 10.2. The van der Waals surface area contributed by atoms with Gasteiger partial charge >= 0.3 is 6.61 Å². The number of carbonyl (C=O) groups is 1. The van der Waals surface area contributed by atoms with Crippen molar-refractivity contribution in [3.8, 4) is 17.1 Å². The predicted octanol–water partition coefficient (Wildman–Crippen LogP) is 4.92. The van der Waals surface area contributed by atoms with Gasteiger partial charge < -0.3 is 15.4 Å². The molecular formula is C23H23ClF2N6O2. The van der Waals surface area contributed by atoms with E-state index in [1.54, 1.807) is 13.0 Å². The van der Waals surface area contributed by atoms with Gasteiger partial charge in [0.25, 0.3) is 0 Å². The Morgan fingerprint density at radius 1 is 1.21 bits per heavy atom. The Balaban J connectivity index is 1.79. The average molecular weight is 489 g/mol. The van der Waals surface area contributed by atoms with Gasteiger partial charge in [-0.2, -0.15) is 13.3 Å². The van der Waals surface area contributed by atoms with Crippen LogP contribution >= 0.6 is 11.6 Å². The second-order valence-corrected chi connectivity index (χ2v) is 8.09. The van der Waals surface area contributed by atoms with Gasteiger partial charge in [-0.15, -0.1) is 5.10 Å². The maximum Gasteiger partial charge on any atom is 0.387 e. The third-order valence-corrected chi connectivity index (χ3v) is 5.38. The molecule has 2 aromatic carbocycles. The molecule has 1 atom stereocenters. The van der Waals surface area contributed by atoms with Crippen molar-refractivity contribution in [2.75, 3.05) is 11.9 Å². The number of halogens is 3. The summed E-state index contributed by atoms with van der Waals surface area (Å²) >= 11 is 5.97. The molecule has 0 aliphatic rings.